The molecule has 1 aromatic rings. The summed E-state index contributed by atoms with van der Waals surface area (Å²) in [6.45, 7) is 4.77. The molecule has 0 amide bonds. The number of oxazole rings is 1. The van der Waals surface area contributed by atoms with Gasteiger partial charge in [0, 0.05) is 5.92 Å². The van der Waals surface area contributed by atoms with E-state index in [0.29, 0.717) is 17.3 Å². The van der Waals surface area contributed by atoms with Crippen molar-refractivity contribution in [2.24, 2.45) is 17.3 Å². The molecular weight excluding hydrogens is 188 g/mol. The average molecular weight is 206 g/mol. The predicted octanol–water partition coefficient (Wildman–Crippen LogP) is 2.80. The van der Waals surface area contributed by atoms with E-state index in [0.717, 1.165) is 17.6 Å². The van der Waals surface area contributed by atoms with Gasteiger partial charge in [0.1, 0.15) is 5.76 Å². The number of nitrogens with two attached hydrogens (primary N) is 1. The van der Waals surface area contributed by atoms with Gasteiger partial charge in [0.05, 0.1) is 6.20 Å². The number of hydrogen-bond donors (Lipinski definition) is 1. The summed E-state index contributed by atoms with van der Waals surface area (Å²) >= 11 is 0. The smallest absolute Gasteiger partial charge is 0.292 e. The van der Waals surface area contributed by atoms with E-state index >= 15 is 0 Å². The van der Waals surface area contributed by atoms with Gasteiger partial charge in [-0.05, 0) is 36.5 Å². The van der Waals surface area contributed by atoms with E-state index in [-0.39, 0.29) is 0 Å². The maximum Gasteiger partial charge on any atom is 0.292 e. The van der Waals surface area contributed by atoms with E-state index in [4.69, 9.17) is 10.2 Å². The van der Waals surface area contributed by atoms with Crippen molar-refractivity contribution in [3.63, 3.8) is 0 Å². The van der Waals surface area contributed by atoms with Crippen LogP contribution in [-0.4, -0.2) is 4.98 Å². The lowest BCUT2D eigenvalue weighted by atomic mass is 9.45. The van der Waals surface area contributed by atoms with Crippen molar-refractivity contribution < 1.29 is 4.42 Å². The predicted molar refractivity (Wildman–Crippen MR) is 58.3 cm³/mol. The van der Waals surface area contributed by atoms with Crippen molar-refractivity contribution in [3.8, 4) is 0 Å². The third kappa shape index (κ3) is 1.15. The van der Waals surface area contributed by atoms with Gasteiger partial charge in [-0.25, -0.2) is 4.98 Å². The quantitative estimate of drug-likeness (QED) is 0.768. The molecule has 3 aliphatic rings. The van der Waals surface area contributed by atoms with E-state index in [1.165, 1.54) is 19.3 Å². The van der Waals surface area contributed by atoms with Crippen molar-refractivity contribution in [2.45, 2.75) is 39.0 Å². The fourth-order valence-corrected chi connectivity index (χ4v) is 3.62. The molecule has 2 bridgehead atoms. The monoisotopic (exact) mass is 206 g/mol. The highest BCUT2D eigenvalue weighted by molar-refractivity contribution is 5.19. The molecule has 4 rings (SSSR count). The Bertz CT molecular complexity index is 381. The molecule has 0 radical (unpaired) electrons. The molecule has 0 saturated heterocycles. The summed E-state index contributed by atoms with van der Waals surface area (Å²) in [6.07, 6.45) is 5.75. The maximum absolute atomic E-state index is 5.53. The van der Waals surface area contributed by atoms with Crippen molar-refractivity contribution in [3.05, 3.63) is 12.0 Å². The van der Waals surface area contributed by atoms with Crippen molar-refractivity contribution >= 4 is 6.01 Å². The van der Waals surface area contributed by atoms with Gasteiger partial charge in [0.25, 0.3) is 6.01 Å². The number of aromatic nitrogens is 1. The number of rotatable bonds is 1. The Morgan fingerprint density at radius 3 is 2.80 bits per heavy atom. The Kier molecular flexibility index (Phi) is 1.71. The van der Waals surface area contributed by atoms with E-state index in [1.54, 1.807) is 0 Å². The zero-order valence-corrected chi connectivity index (χ0v) is 9.36. The normalized spacial score (nSPS) is 37.3. The van der Waals surface area contributed by atoms with Crippen LogP contribution < -0.4 is 5.73 Å². The van der Waals surface area contributed by atoms with Gasteiger partial charge in [0.2, 0.25) is 0 Å². The second kappa shape index (κ2) is 2.77. The van der Waals surface area contributed by atoms with E-state index in [2.05, 4.69) is 18.8 Å². The molecule has 15 heavy (non-hydrogen) atoms. The highest BCUT2D eigenvalue weighted by Crippen LogP contribution is 2.63. The minimum Gasteiger partial charge on any atom is -0.429 e. The molecule has 0 spiro atoms. The summed E-state index contributed by atoms with van der Waals surface area (Å²) in [5.41, 5.74) is 6.02. The highest BCUT2D eigenvalue weighted by atomic mass is 16.4. The summed E-state index contributed by atoms with van der Waals surface area (Å²) in [5, 5.41) is 0. The second-order valence-corrected chi connectivity index (χ2v) is 5.65. The first kappa shape index (κ1) is 9.25. The van der Waals surface area contributed by atoms with Crippen LogP contribution in [0.1, 0.15) is 44.8 Å². The van der Waals surface area contributed by atoms with Crippen LogP contribution in [0.15, 0.2) is 10.6 Å². The first-order chi connectivity index (χ1) is 7.09. The van der Waals surface area contributed by atoms with Gasteiger partial charge in [-0.1, -0.05) is 13.8 Å². The number of hydrogen-bond acceptors (Lipinski definition) is 3. The molecule has 0 aliphatic heterocycles. The Hall–Kier alpha value is -0.990. The van der Waals surface area contributed by atoms with Crippen LogP contribution in [0.25, 0.3) is 0 Å². The molecule has 1 aromatic heterocycles. The average Bonchev–Trinajstić information content (AvgIpc) is 2.64. The summed E-state index contributed by atoms with van der Waals surface area (Å²) in [5.74, 6) is 3.25. The molecule has 3 atom stereocenters. The second-order valence-electron chi connectivity index (χ2n) is 5.65. The molecule has 3 aliphatic carbocycles. The van der Waals surface area contributed by atoms with Gasteiger partial charge < -0.3 is 10.2 Å². The lowest BCUT2D eigenvalue weighted by Crippen LogP contribution is -2.51. The van der Waals surface area contributed by atoms with Crippen molar-refractivity contribution in [2.75, 3.05) is 5.73 Å². The van der Waals surface area contributed by atoms with Gasteiger partial charge in [-0.2, -0.15) is 0 Å². The lowest BCUT2D eigenvalue weighted by molar-refractivity contribution is -0.0845. The third-order valence-electron chi connectivity index (χ3n) is 4.77. The summed E-state index contributed by atoms with van der Waals surface area (Å²) in [6, 6.07) is 0.309. The fourth-order valence-electron chi connectivity index (χ4n) is 3.62. The standard InChI is InChI=1S/C12H18N2O/c1-12(2)7-3-4-8(9(12)5-7)10-6-14-11(13)15-10/h6-9H,3-5H2,1-2H3,(H2,13,14)/t7-,8?,9-/m0/s1. The SMILES string of the molecule is CC1(C)[C@H]2CCC(c3cnc(N)o3)[C@@H]1C2. The highest BCUT2D eigenvalue weighted by Gasteiger charge is 2.55. The van der Waals surface area contributed by atoms with Gasteiger partial charge in [-0.15, -0.1) is 0 Å². The molecule has 3 heteroatoms. The van der Waals surface area contributed by atoms with Crippen LogP contribution in [0.4, 0.5) is 6.01 Å². The first-order valence-electron chi connectivity index (χ1n) is 5.80. The zero-order chi connectivity index (χ0) is 10.6. The molecule has 3 fully saturated rings. The summed E-state index contributed by atoms with van der Waals surface area (Å²) in [4.78, 5) is 4.00. The Morgan fingerprint density at radius 1 is 1.47 bits per heavy atom. The van der Waals surface area contributed by atoms with E-state index in [1.807, 2.05) is 6.20 Å². The van der Waals surface area contributed by atoms with Crippen LogP contribution in [0.5, 0.6) is 0 Å². The van der Waals surface area contributed by atoms with E-state index < -0.39 is 0 Å². The maximum atomic E-state index is 5.53. The van der Waals surface area contributed by atoms with Crippen LogP contribution in [0.2, 0.25) is 0 Å². The number of fused-ring (bicyclic) bond motifs is 2. The van der Waals surface area contributed by atoms with Crippen LogP contribution in [0, 0.1) is 17.3 Å². The number of anilines is 1. The molecule has 3 nitrogen and oxygen atoms in total. The largest absolute Gasteiger partial charge is 0.429 e. The summed E-state index contributed by atoms with van der Waals surface area (Å²) in [7, 11) is 0. The van der Waals surface area contributed by atoms with Crippen molar-refractivity contribution in [1.82, 2.24) is 4.98 Å². The molecule has 1 heterocycles. The van der Waals surface area contributed by atoms with Crippen LogP contribution >= 0.6 is 0 Å². The molecule has 82 valence electrons. The fraction of sp³-hybridized carbons (Fsp3) is 0.750. The van der Waals surface area contributed by atoms with Gasteiger partial charge in [-0.3, -0.25) is 0 Å². The molecule has 0 aromatic carbocycles. The lowest BCUT2D eigenvalue weighted by Gasteiger charge is -2.59. The Morgan fingerprint density at radius 2 is 2.27 bits per heavy atom. The Balaban J connectivity index is 1.88. The molecule has 1 unspecified atom stereocenters. The minimum atomic E-state index is 0.309. The zero-order valence-electron chi connectivity index (χ0n) is 9.36. The number of nitrogen functional groups attached to an aromatic ring is 1. The Labute approximate surface area is 90.1 Å². The minimum absolute atomic E-state index is 0.309. The third-order valence-corrected chi connectivity index (χ3v) is 4.77. The van der Waals surface area contributed by atoms with Crippen molar-refractivity contribution in [1.29, 1.82) is 0 Å². The van der Waals surface area contributed by atoms with Crippen LogP contribution in [0.3, 0.4) is 0 Å². The van der Waals surface area contributed by atoms with E-state index in [9.17, 15) is 0 Å². The molecule has 2 N–H and O–H groups in total. The first-order valence-corrected chi connectivity index (χ1v) is 5.80. The molecule has 3 saturated carbocycles. The van der Waals surface area contributed by atoms with Crippen LogP contribution in [-0.2, 0) is 0 Å². The topological polar surface area (TPSA) is 52.0 Å². The number of nitrogens with zero attached hydrogens (tertiary/aromatic N) is 1. The van der Waals surface area contributed by atoms with Gasteiger partial charge in [0.15, 0.2) is 0 Å². The van der Waals surface area contributed by atoms with Gasteiger partial charge >= 0.3 is 0 Å². The summed E-state index contributed by atoms with van der Waals surface area (Å²) < 4.78 is 5.48. The molecular formula is C12H18N2O.